The van der Waals surface area contributed by atoms with Crippen molar-refractivity contribution in [1.29, 1.82) is 0 Å². The molecule has 2 heterocycles. The lowest BCUT2D eigenvalue weighted by Crippen LogP contribution is -2.67. The fourth-order valence-electron chi connectivity index (χ4n) is 3.90. The molecule has 1 amide bonds. The van der Waals surface area contributed by atoms with E-state index >= 15 is 0 Å². The molecule has 2 saturated heterocycles. The number of amides is 1. The number of hydrogen-bond donors (Lipinski definition) is 1. The summed E-state index contributed by atoms with van der Waals surface area (Å²) in [5.74, 6) is -0.549. The Hall–Kier alpha value is -2.94. The van der Waals surface area contributed by atoms with Crippen LogP contribution in [0.15, 0.2) is 60.7 Å². The van der Waals surface area contributed by atoms with E-state index in [9.17, 15) is 14.7 Å². The number of likely N-dealkylation sites (tertiary alicyclic amines) is 1. The molecule has 0 unspecified atom stereocenters. The predicted octanol–water partition coefficient (Wildman–Crippen LogP) is 2.41. The maximum absolute atomic E-state index is 12.9. The molecule has 0 bridgehead atoms. The molecule has 0 aromatic heterocycles. The second kappa shape index (κ2) is 9.47. The summed E-state index contributed by atoms with van der Waals surface area (Å²) >= 11 is 0. The van der Waals surface area contributed by atoms with Gasteiger partial charge in [0.25, 0.3) is 0 Å². The fourth-order valence-corrected chi connectivity index (χ4v) is 3.90. The van der Waals surface area contributed by atoms with Gasteiger partial charge in [-0.15, -0.1) is 0 Å². The summed E-state index contributed by atoms with van der Waals surface area (Å²) in [4.78, 5) is 25.9. The third kappa shape index (κ3) is 4.87. The van der Waals surface area contributed by atoms with Gasteiger partial charge >= 0.3 is 12.1 Å². The maximum atomic E-state index is 12.9. The number of piperidine rings is 1. The van der Waals surface area contributed by atoms with Crippen LogP contribution in [0.25, 0.3) is 0 Å². The van der Waals surface area contributed by atoms with Gasteiger partial charge in [-0.25, -0.2) is 4.79 Å². The van der Waals surface area contributed by atoms with Crippen LogP contribution in [-0.4, -0.2) is 59.6 Å². The molecule has 0 aliphatic carbocycles. The van der Waals surface area contributed by atoms with Crippen LogP contribution < -0.4 is 0 Å². The highest BCUT2D eigenvalue weighted by atomic mass is 16.7. The number of carbonyl (C=O) groups excluding carboxylic acids is 2. The van der Waals surface area contributed by atoms with Crippen molar-refractivity contribution in [3.8, 4) is 0 Å². The van der Waals surface area contributed by atoms with E-state index in [1.807, 2.05) is 60.7 Å². The van der Waals surface area contributed by atoms with Gasteiger partial charge in [-0.1, -0.05) is 60.7 Å². The van der Waals surface area contributed by atoms with Crippen molar-refractivity contribution in [2.75, 3.05) is 13.2 Å². The van der Waals surface area contributed by atoms with Gasteiger partial charge in [-0.3, -0.25) is 9.69 Å². The van der Waals surface area contributed by atoms with Crippen LogP contribution in [0.2, 0.25) is 0 Å². The van der Waals surface area contributed by atoms with Gasteiger partial charge in [0, 0.05) is 12.5 Å². The van der Waals surface area contributed by atoms with Crippen LogP contribution in [0.4, 0.5) is 4.79 Å². The number of hydrogen-bond acceptors (Lipinski definition) is 7. The summed E-state index contributed by atoms with van der Waals surface area (Å²) in [5, 5.41) is 10.8. The lowest BCUT2D eigenvalue weighted by Gasteiger charge is -2.49. The number of esters is 1. The third-order valence-corrected chi connectivity index (χ3v) is 5.40. The van der Waals surface area contributed by atoms with Crippen molar-refractivity contribution in [2.24, 2.45) is 0 Å². The Morgan fingerprint density at radius 3 is 2.45 bits per heavy atom. The van der Waals surface area contributed by atoms with Crippen molar-refractivity contribution in [2.45, 2.75) is 44.2 Å². The van der Waals surface area contributed by atoms with Gasteiger partial charge in [0.1, 0.15) is 24.9 Å². The first-order valence-corrected chi connectivity index (χ1v) is 10.2. The molecule has 0 spiro atoms. The first-order chi connectivity index (χ1) is 15.0. The van der Waals surface area contributed by atoms with Gasteiger partial charge in [0.2, 0.25) is 0 Å². The van der Waals surface area contributed by atoms with Crippen molar-refractivity contribution in [3.05, 3.63) is 71.8 Å². The minimum absolute atomic E-state index is 0.0156. The number of rotatable bonds is 4. The van der Waals surface area contributed by atoms with Crippen LogP contribution in [0.3, 0.4) is 0 Å². The number of aliphatic hydroxyl groups excluding tert-OH is 1. The summed E-state index contributed by atoms with van der Waals surface area (Å²) in [5.41, 5.74) is 1.64. The zero-order chi connectivity index (χ0) is 21.8. The monoisotopic (exact) mass is 427 g/mol. The number of benzene rings is 2. The number of ether oxygens (including phenoxy) is 4. The summed E-state index contributed by atoms with van der Waals surface area (Å²) in [6.07, 6.45) is -4.13. The second-order valence-corrected chi connectivity index (χ2v) is 7.58. The largest absolute Gasteiger partial charge is 0.458 e. The number of nitrogens with zero attached hydrogens (tertiary/aromatic N) is 1. The standard InChI is InChI=1S/C23H25NO7/c1-15(25)30-19-12-24(23(27)29-13-16-8-4-2-5-9-16)18-14-28-22(31-21(18)20(19)26)17-10-6-3-7-11-17/h2-11,18-22,26H,12-14H2,1H3/t18-,19+,20-,21-,22-/m1/s1. The Balaban J connectivity index is 1.51. The van der Waals surface area contributed by atoms with Crippen molar-refractivity contribution in [1.82, 2.24) is 4.90 Å². The van der Waals surface area contributed by atoms with E-state index in [-0.39, 0.29) is 19.8 Å². The van der Waals surface area contributed by atoms with Gasteiger partial charge < -0.3 is 24.1 Å². The lowest BCUT2D eigenvalue weighted by atomic mass is 9.93. The zero-order valence-electron chi connectivity index (χ0n) is 17.1. The summed E-state index contributed by atoms with van der Waals surface area (Å²) in [6.45, 7) is 1.49. The third-order valence-electron chi connectivity index (χ3n) is 5.40. The molecule has 2 aromatic carbocycles. The summed E-state index contributed by atoms with van der Waals surface area (Å²) in [7, 11) is 0. The van der Waals surface area contributed by atoms with Crippen LogP contribution in [-0.2, 0) is 30.3 Å². The van der Waals surface area contributed by atoms with Crippen LogP contribution in [0.1, 0.15) is 24.3 Å². The molecule has 2 fully saturated rings. The van der Waals surface area contributed by atoms with E-state index in [4.69, 9.17) is 18.9 Å². The number of aliphatic hydroxyl groups is 1. The fraction of sp³-hybridized carbons (Fsp3) is 0.391. The highest BCUT2D eigenvalue weighted by Crippen LogP contribution is 2.34. The molecule has 8 heteroatoms. The van der Waals surface area contributed by atoms with E-state index in [1.54, 1.807) is 0 Å². The van der Waals surface area contributed by atoms with E-state index in [0.29, 0.717) is 0 Å². The Morgan fingerprint density at radius 2 is 1.77 bits per heavy atom. The summed E-state index contributed by atoms with van der Waals surface area (Å²) in [6, 6.07) is 18.1. The molecule has 2 aromatic rings. The second-order valence-electron chi connectivity index (χ2n) is 7.58. The zero-order valence-corrected chi connectivity index (χ0v) is 17.1. The van der Waals surface area contributed by atoms with Gasteiger partial charge in [0.05, 0.1) is 19.2 Å². The molecule has 164 valence electrons. The van der Waals surface area contributed by atoms with E-state index in [1.165, 1.54) is 11.8 Å². The van der Waals surface area contributed by atoms with E-state index in [2.05, 4.69) is 0 Å². The topological polar surface area (TPSA) is 94.5 Å². The predicted molar refractivity (Wildman–Crippen MR) is 109 cm³/mol. The highest BCUT2D eigenvalue weighted by molar-refractivity contribution is 5.69. The molecular formula is C23H25NO7. The van der Waals surface area contributed by atoms with Crippen molar-refractivity contribution < 1.29 is 33.6 Å². The van der Waals surface area contributed by atoms with Gasteiger partial charge in [-0.2, -0.15) is 0 Å². The van der Waals surface area contributed by atoms with Crippen LogP contribution in [0.5, 0.6) is 0 Å². The summed E-state index contributed by atoms with van der Waals surface area (Å²) < 4.78 is 22.6. The Bertz CT molecular complexity index is 891. The highest BCUT2D eigenvalue weighted by Gasteiger charge is 2.51. The quantitative estimate of drug-likeness (QED) is 0.749. The van der Waals surface area contributed by atoms with E-state index in [0.717, 1.165) is 11.1 Å². The Labute approximate surface area is 180 Å². The SMILES string of the molecule is CC(=O)O[C@H]1CN(C(=O)OCc2ccccc2)[C@@H]2CO[C@@H](c3ccccc3)O[C@H]2[C@@H]1O. The van der Waals surface area contributed by atoms with Gasteiger partial charge in [0.15, 0.2) is 6.29 Å². The Kier molecular flexibility index (Phi) is 6.50. The van der Waals surface area contributed by atoms with Crippen molar-refractivity contribution >= 4 is 12.1 Å². The molecule has 8 nitrogen and oxygen atoms in total. The number of fused-ring (bicyclic) bond motifs is 1. The molecule has 0 saturated carbocycles. The molecule has 2 aliphatic heterocycles. The van der Waals surface area contributed by atoms with Crippen LogP contribution in [0, 0.1) is 0 Å². The Morgan fingerprint density at radius 1 is 1.10 bits per heavy atom. The molecule has 31 heavy (non-hydrogen) atoms. The molecule has 5 atom stereocenters. The first kappa shape index (κ1) is 21.3. The molecule has 0 radical (unpaired) electrons. The van der Waals surface area contributed by atoms with Gasteiger partial charge in [-0.05, 0) is 5.56 Å². The smallest absolute Gasteiger partial charge is 0.410 e. The normalized spacial score (nSPS) is 27.8. The average molecular weight is 427 g/mol. The van der Waals surface area contributed by atoms with Crippen molar-refractivity contribution in [3.63, 3.8) is 0 Å². The molecular weight excluding hydrogens is 402 g/mol. The van der Waals surface area contributed by atoms with E-state index < -0.39 is 42.7 Å². The first-order valence-electron chi connectivity index (χ1n) is 10.2. The maximum Gasteiger partial charge on any atom is 0.410 e. The van der Waals surface area contributed by atoms with Crippen LogP contribution >= 0.6 is 0 Å². The minimum atomic E-state index is -1.11. The molecule has 2 aliphatic rings. The molecule has 1 N–H and O–H groups in total. The number of carbonyl (C=O) groups is 2. The minimum Gasteiger partial charge on any atom is -0.458 e. The average Bonchev–Trinajstić information content (AvgIpc) is 2.80. The lowest BCUT2D eigenvalue weighted by molar-refractivity contribution is -0.284. The molecule has 4 rings (SSSR count).